The largest absolute Gasteiger partial charge is 0.382 e. The number of carbonyl (C=O) groups excluding carboxylic acids is 2. The summed E-state index contributed by atoms with van der Waals surface area (Å²) >= 11 is 3.33. The number of aryl methyl sites for hydroxylation is 1. The van der Waals surface area contributed by atoms with E-state index in [1.807, 2.05) is 30.0 Å². The fourth-order valence-corrected chi connectivity index (χ4v) is 10.4. The fourth-order valence-electron chi connectivity index (χ4n) is 8.70. The molecule has 1 aliphatic carbocycles. The fraction of sp³-hybridized carbons (Fsp3) is 0.462. The minimum absolute atomic E-state index is 0.225. The van der Waals surface area contributed by atoms with E-state index in [1.54, 1.807) is 38.9 Å². The summed E-state index contributed by atoms with van der Waals surface area (Å²) in [5, 5.41) is 16.5. The Kier molecular flexibility index (Phi) is 9.50. The zero-order valence-electron chi connectivity index (χ0n) is 31.3. The predicted octanol–water partition coefficient (Wildman–Crippen LogP) is 5.68. The molecular formula is C39H45N11O3S2. The van der Waals surface area contributed by atoms with Crippen molar-refractivity contribution in [2.24, 2.45) is 13.0 Å². The van der Waals surface area contributed by atoms with Gasteiger partial charge in [0.1, 0.15) is 16.6 Å². The van der Waals surface area contributed by atoms with Crippen LogP contribution in [0.15, 0.2) is 53.2 Å². The number of hydrogen-bond acceptors (Lipinski definition) is 12. The Bertz CT molecular complexity index is 2430. The molecule has 1 aromatic carbocycles. The summed E-state index contributed by atoms with van der Waals surface area (Å²) in [6.45, 7) is 9.01. The molecule has 0 spiro atoms. The lowest BCUT2D eigenvalue weighted by molar-refractivity contribution is -0.135. The Hall–Kier alpha value is -4.93. The summed E-state index contributed by atoms with van der Waals surface area (Å²) < 4.78 is 5.29. The molecule has 0 bridgehead atoms. The van der Waals surface area contributed by atoms with Crippen LogP contribution in [-0.2, 0) is 16.6 Å². The third kappa shape index (κ3) is 6.73. The van der Waals surface area contributed by atoms with E-state index in [1.165, 1.54) is 4.88 Å². The molecule has 286 valence electrons. The average Bonchev–Trinajstić information content (AvgIpc) is 4.00. The molecule has 2 N–H and O–H groups in total. The van der Waals surface area contributed by atoms with Crippen LogP contribution in [0, 0.1) is 5.92 Å². The highest BCUT2D eigenvalue weighted by atomic mass is 32.1. The number of thiophene rings is 1. The number of para-hydroxylation sites is 1. The first-order valence-corrected chi connectivity index (χ1v) is 20.9. The summed E-state index contributed by atoms with van der Waals surface area (Å²) in [4.78, 5) is 55.3. The number of benzene rings is 1. The van der Waals surface area contributed by atoms with Crippen LogP contribution in [0.1, 0.15) is 64.5 Å². The highest BCUT2D eigenvalue weighted by molar-refractivity contribution is 7.25. The number of fused-ring (bicyclic) bond motifs is 2. The van der Waals surface area contributed by atoms with Gasteiger partial charge in [0.15, 0.2) is 0 Å². The lowest BCUT2D eigenvalue weighted by Crippen LogP contribution is -2.48. The second-order valence-corrected chi connectivity index (χ2v) is 17.3. The number of hydrogen-bond donors (Lipinski definition) is 2. The normalized spacial score (nSPS) is 21.2. The minimum atomic E-state index is -0.690. The van der Waals surface area contributed by atoms with Gasteiger partial charge >= 0.3 is 5.69 Å². The number of imidazole rings is 1. The molecule has 1 saturated carbocycles. The van der Waals surface area contributed by atoms with Crippen LogP contribution in [0.3, 0.4) is 0 Å². The van der Waals surface area contributed by atoms with Crippen LogP contribution in [-0.4, -0.2) is 89.6 Å². The van der Waals surface area contributed by atoms with Gasteiger partial charge in [-0.2, -0.15) is 0 Å². The number of aromatic nitrogens is 7. The number of piperidine rings is 1. The van der Waals surface area contributed by atoms with Gasteiger partial charge in [-0.15, -0.1) is 27.8 Å². The van der Waals surface area contributed by atoms with Crippen LogP contribution in [0.5, 0.6) is 0 Å². The van der Waals surface area contributed by atoms with Crippen LogP contribution in [0.25, 0.3) is 42.3 Å². The molecule has 9 rings (SSSR count). The SMILES string of the molecule is CC(C)Nc1c(-c2cn([C@H]3CC[C@H](CN4CCN(c5cccc6c5n(C)c(=O)n6C5CCC(=O)NC5=O)CC4)CC3)nn2)cnc2sc(-c3cncs3)cc12. The lowest BCUT2D eigenvalue weighted by atomic mass is 9.85. The highest BCUT2D eigenvalue weighted by Gasteiger charge is 2.33. The smallest absolute Gasteiger partial charge is 0.329 e. The first-order chi connectivity index (χ1) is 26.7. The summed E-state index contributed by atoms with van der Waals surface area (Å²) in [5.41, 5.74) is 7.06. The Morgan fingerprint density at radius 3 is 2.56 bits per heavy atom. The van der Waals surface area contributed by atoms with Gasteiger partial charge in [-0.05, 0) is 70.1 Å². The number of nitrogens with one attached hydrogen (secondary N) is 2. The molecule has 3 aliphatic rings. The molecule has 0 radical (unpaired) electrons. The molecule has 16 heteroatoms. The first-order valence-electron chi connectivity index (χ1n) is 19.2. The number of thiazole rings is 1. The quantitative estimate of drug-likeness (QED) is 0.176. The van der Waals surface area contributed by atoms with Crippen molar-refractivity contribution in [3.05, 3.63) is 58.9 Å². The van der Waals surface area contributed by atoms with Crippen molar-refractivity contribution >= 4 is 67.1 Å². The molecular weight excluding hydrogens is 735 g/mol. The minimum Gasteiger partial charge on any atom is -0.382 e. The number of piperazine rings is 1. The monoisotopic (exact) mass is 779 g/mol. The molecule has 2 amide bonds. The molecule has 1 unspecified atom stereocenters. The van der Waals surface area contributed by atoms with Crippen molar-refractivity contribution in [1.82, 2.24) is 44.3 Å². The number of nitrogens with zero attached hydrogens (tertiary/aromatic N) is 9. The second-order valence-electron chi connectivity index (χ2n) is 15.4. The van der Waals surface area contributed by atoms with E-state index in [9.17, 15) is 14.4 Å². The maximum Gasteiger partial charge on any atom is 0.329 e. The van der Waals surface area contributed by atoms with Gasteiger partial charge in [0, 0.05) is 80.5 Å². The standard InChI is InChI=1S/C39H45N11O3S2/c1-23(2)42-35-26-17-32(33-19-40-22-54-33)55-38(26)41-18-27(35)28-21-49(45-44-28)25-9-7-24(8-10-25)20-47-13-15-48(16-14-47)29-5-4-6-30-36(29)46(3)39(53)50(30)31-11-12-34(51)43-37(31)52/h4-6,17-19,21-25,31H,7-16,20H2,1-3H3,(H,41,42)(H,43,51,52)/t24-,25-,31?. The molecule has 6 aromatic rings. The van der Waals surface area contributed by atoms with Gasteiger partial charge in [0.05, 0.1) is 45.0 Å². The molecule has 14 nitrogen and oxygen atoms in total. The van der Waals surface area contributed by atoms with Crippen molar-refractivity contribution in [2.75, 3.05) is 42.9 Å². The van der Waals surface area contributed by atoms with E-state index in [0.29, 0.717) is 18.4 Å². The Labute approximate surface area is 326 Å². The van der Waals surface area contributed by atoms with Gasteiger partial charge < -0.3 is 10.2 Å². The lowest BCUT2D eigenvalue weighted by Gasteiger charge is -2.39. The summed E-state index contributed by atoms with van der Waals surface area (Å²) in [7, 11) is 1.77. The van der Waals surface area contributed by atoms with E-state index >= 15 is 0 Å². The number of anilines is 2. The number of imide groups is 1. The highest BCUT2D eigenvalue weighted by Crippen LogP contribution is 2.42. The van der Waals surface area contributed by atoms with Crippen molar-refractivity contribution in [1.29, 1.82) is 0 Å². The van der Waals surface area contributed by atoms with E-state index in [4.69, 9.17) is 4.98 Å². The van der Waals surface area contributed by atoms with Crippen LogP contribution in [0.4, 0.5) is 11.4 Å². The number of rotatable bonds is 9. The van der Waals surface area contributed by atoms with E-state index in [0.717, 1.165) is 107 Å². The van der Waals surface area contributed by atoms with Crippen molar-refractivity contribution in [3.63, 3.8) is 0 Å². The predicted molar refractivity (Wildman–Crippen MR) is 217 cm³/mol. The molecule has 3 fully saturated rings. The van der Waals surface area contributed by atoms with Crippen molar-refractivity contribution in [2.45, 2.75) is 70.5 Å². The molecule has 1 atom stereocenters. The third-order valence-electron chi connectivity index (χ3n) is 11.5. The van der Waals surface area contributed by atoms with Gasteiger partial charge in [0.25, 0.3) is 0 Å². The van der Waals surface area contributed by atoms with E-state index in [2.05, 4.69) is 72.6 Å². The first kappa shape index (κ1) is 35.8. The number of pyridine rings is 1. The summed E-state index contributed by atoms with van der Waals surface area (Å²) in [6.07, 6.45) is 10.9. The van der Waals surface area contributed by atoms with Gasteiger partial charge in [-0.3, -0.25) is 33.9 Å². The molecule has 2 saturated heterocycles. The van der Waals surface area contributed by atoms with Crippen LogP contribution < -0.4 is 21.2 Å². The van der Waals surface area contributed by atoms with Gasteiger partial charge in [-0.25, -0.2) is 14.5 Å². The maximum atomic E-state index is 13.4. The topological polar surface area (TPSA) is 148 Å². The summed E-state index contributed by atoms with van der Waals surface area (Å²) in [6, 6.07) is 8.03. The average molecular weight is 780 g/mol. The molecule has 2 aliphatic heterocycles. The molecule has 55 heavy (non-hydrogen) atoms. The summed E-state index contributed by atoms with van der Waals surface area (Å²) in [5.74, 6) is -0.0650. The van der Waals surface area contributed by atoms with Crippen LogP contribution in [0.2, 0.25) is 0 Å². The van der Waals surface area contributed by atoms with Crippen molar-refractivity contribution in [3.8, 4) is 21.0 Å². The Morgan fingerprint density at radius 2 is 1.82 bits per heavy atom. The van der Waals surface area contributed by atoms with E-state index < -0.39 is 11.9 Å². The van der Waals surface area contributed by atoms with Crippen molar-refractivity contribution < 1.29 is 9.59 Å². The van der Waals surface area contributed by atoms with E-state index in [-0.39, 0.29) is 24.1 Å². The molecule has 7 heterocycles. The Morgan fingerprint density at radius 1 is 1.00 bits per heavy atom. The molecule has 5 aromatic heterocycles. The zero-order valence-corrected chi connectivity index (χ0v) is 32.9. The second kappa shape index (κ2) is 14.6. The van der Waals surface area contributed by atoms with Crippen LogP contribution >= 0.6 is 22.7 Å². The number of carbonyl (C=O) groups is 2. The third-order valence-corrected chi connectivity index (χ3v) is 13.5. The maximum absolute atomic E-state index is 13.4. The Balaban J connectivity index is 0.831. The van der Waals surface area contributed by atoms with Gasteiger partial charge in [-0.1, -0.05) is 11.3 Å². The van der Waals surface area contributed by atoms with Gasteiger partial charge in [0.2, 0.25) is 11.8 Å². The number of amides is 2. The zero-order chi connectivity index (χ0) is 37.8.